The highest BCUT2D eigenvalue weighted by Crippen LogP contribution is 1.98. The SMILES string of the molecule is COCCOCCOCCOCCOCCOCC(COCCOCCOCCOCCOCCOC)OCCOCCOCCOCCOCCOC. The van der Waals surface area contributed by atoms with Crippen LogP contribution in [-0.4, -0.2) is 239 Å². The number of hydrogen-bond acceptors (Lipinski definition) is 18. The fourth-order valence-corrected chi connectivity index (χ4v) is 3.80. The molecule has 0 saturated heterocycles. The third kappa shape index (κ3) is 47.4. The van der Waals surface area contributed by atoms with Crippen molar-refractivity contribution in [3.05, 3.63) is 0 Å². The van der Waals surface area contributed by atoms with E-state index in [4.69, 9.17) is 85.3 Å². The molecule has 0 aromatic rings. The lowest BCUT2D eigenvalue weighted by atomic mass is 10.4. The maximum absolute atomic E-state index is 5.97. The molecule has 0 heterocycles. The zero-order valence-corrected chi connectivity index (χ0v) is 33.6. The highest BCUT2D eigenvalue weighted by atomic mass is 16.6. The molecule has 0 rings (SSSR count). The largest absolute Gasteiger partial charge is 0.382 e. The van der Waals surface area contributed by atoms with Gasteiger partial charge in [-0.2, -0.15) is 0 Å². The monoisotopic (exact) mass is 794 g/mol. The highest BCUT2D eigenvalue weighted by Gasteiger charge is 2.10. The van der Waals surface area contributed by atoms with E-state index in [9.17, 15) is 0 Å². The van der Waals surface area contributed by atoms with Crippen molar-refractivity contribution < 1.29 is 85.3 Å². The lowest BCUT2D eigenvalue weighted by molar-refractivity contribution is -0.0876. The second-order valence-electron chi connectivity index (χ2n) is 11.0. The van der Waals surface area contributed by atoms with Crippen molar-refractivity contribution in [3.8, 4) is 0 Å². The van der Waals surface area contributed by atoms with E-state index in [0.29, 0.717) is 211 Å². The van der Waals surface area contributed by atoms with Gasteiger partial charge in [0.15, 0.2) is 0 Å². The van der Waals surface area contributed by atoms with Crippen LogP contribution in [0.1, 0.15) is 0 Å². The van der Waals surface area contributed by atoms with E-state index in [1.165, 1.54) is 0 Å². The molecular formula is C36H74O18. The first-order valence-electron chi connectivity index (χ1n) is 19.0. The molecule has 0 saturated carbocycles. The van der Waals surface area contributed by atoms with Gasteiger partial charge in [0.2, 0.25) is 0 Å². The molecule has 54 heavy (non-hydrogen) atoms. The maximum atomic E-state index is 5.97. The van der Waals surface area contributed by atoms with Gasteiger partial charge in [0, 0.05) is 21.3 Å². The van der Waals surface area contributed by atoms with Crippen LogP contribution in [0.3, 0.4) is 0 Å². The fraction of sp³-hybridized carbons (Fsp3) is 1.00. The molecule has 0 N–H and O–H groups in total. The van der Waals surface area contributed by atoms with Crippen LogP contribution in [0, 0.1) is 0 Å². The zero-order chi connectivity index (χ0) is 38.9. The molecule has 0 fully saturated rings. The van der Waals surface area contributed by atoms with Crippen LogP contribution in [0.4, 0.5) is 0 Å². The first-order valence-corrected chi connectivity index (χ1v) is 19.0. The highest BCUT2D eigenvalue weighted by molar-refractivity contribution is 4.56. The molecule has 18 heteroatoms. The summed E-state index contributed by atoms with van der Waals surface area (Å²) in [6.45, 7) is 15.6. The van der Waals surface area contributed by atoms with Crippen LogP contribution in [0.25, 0.3) is 0 Å². The van der Waals surface area contributed by atoms with Gasteiger partial charge in [-0.25, -0.2) is 0 Å². The van der Waals surface area contributed by atoms with Crippen molar-refractivity contribution in [2.75, 3.05) is 233 Å². The average Bonchev–Trinajstić information content (AvgIpc) is 3.18. The van der Waals surface area contributed by atoms with E-state index < -0.39 is 0 Å². The number of ether oxygens (including phenoxy) is 18. The maximum Gasteiger partial charge on any atom is 0.104 e. The van der Waals surface area contributed by atoms with E-state index in [0.717, 1.165) is 0 Å². The summed E-state index contributed by atoms with van der Waals surface area (Å²) >= 11 is 0. The summed E-state index contributed by atoms with van der Waals surface area (Å²) in [4.78, 5) is 0. The Morgan fingerprint density at radius 2 is 0.370 bits per heavy atom. The summed E-state index contributed by atoms with van der Waals surface area (Å²) in [5.74, 6) is 0. The molecule has 0 bridgehead atoms. The molecule has 0 aliphatic rings. The Hall–Kier alpha value is -0.720. The van der Waals surface area contributed by atoms with Gasteiger partial charge in [0.25, 0.3) is 0 Å². The van der Waals surface area contributed by atoms with Gasteiger partial charge in [-0.3, -0.25) is 0 Å². The normalized spacial score (nSPS) is 11.8. The van der Waals surface area contributed by atoms with Crippen LogP contribution in [0.15, 0.2) is 0 Å². The minimum absolute atomic E-state index is 0.275. The topological polar surface area (TPSA) is 166 Å². The Morgan fingerprint density at radius 1 is 0.204 bits per heavy atom. The van der Waals surface area contributed by atoms with E-state index in [-0.39, 0.29) is 6.10 Å². The lowest BCUT2D eigenvalue weighted by Gasteiger charge is -2.18. The minimum atomic E-state index is -0.275. The molecule has 0 amide bonds. The lowest BCUT2D eigenvalue weighted by Crippen LogP contribution is -2.29. The van der Waals surface area contributed by atoms with Crippen LogP contribution < -0.4 is 0 Å². The molecule has 0 unspecified atom stereocenters. The molecule has 0 aliphatic heterocycles. The van der Waals surface area contributed by atoms with E-state index in [1.54, 1.807) is 21.3 Å². The quantitative estimate of drug-likeness (QED) is 0.0783. The molecule has 0 spiro atoms. The summed E-state index contributed by atoms with van der Waals surface area (Å²) in [5, 5.41) is 0. The van der Waals surface area contributed by atoms with Crippen molar-refractivity contribution in [2.24, 2.45) is 0 Å². The zero-order valence-electron chi connectivity index (χ0n) is 33.6. The molecule has 0 aromatic heterocycles. The Morgan fingerprint density at radius 3 is 0.574 bits per heavy atom. The fourth-order valence-electron chi connectivity index (χ4n) is 3.80. The predicted octanol–water partition coefficient (Wildman–Crippen LogP) is 0.543. The standard InChI is InChI=1S/C36H74O18/c1-37-4-7-40-10-13-43-16-19-46-22-24-49-28-30-52-34-36(54-33-32-51-27-26-48-21-18-45-15-12-42-9-6-39-3)35-53-31-29-50-25-23-47-20-17-44-14-11-41-8-5-38-2/h36H,4-35H2,1-3H3. The Bertz CT molecular complexity index is 621. The Balaban J connectivity index is 3.94. The molecule has 0 aromatic carbocycles. The molecular weight excluding hydrogens is 720 g/mol. The van der Waals surface area contributed by atoms with E-state index >= 15 is 0 Å². The number of hydrogen-bond donors (Lipinski definition) is 0. The van der Waals surface area contributed by atoms with Crippen molar-refractivity contribution in [3.63, 3.8) is 0 Å². The summed E-state index contributed by atoms with van der Waals surface area (Å²) in [5.41, 5.74) is 0. The van der Waals surface area contributed by atoms with Gasteiger partial charge < -0.3 is 85.3 Å². The predicted molar refractivity (Wildman–Crippen MR) is 197 cm³/mol. The van der Waals surface area contributed by atoms with Crippen LogP contribution >= 0.6 is 0 Å². The molecule has 0 atom stereocenters. The minimum Gasteiger partial charge on any atom is -0.382 e. The van der Waals surface area contributed by atoms with Crippen LogP contribution in [0.2, 0.25) is 0 Å². The third-order valence-corrected chi connectivity index (χ3v) is 6.58. The molecule has 326 valence electrons. The van der Waals surface area contributed by atoms with Gasteiger partial charge >= 0.3 is 0 Å². The first-order chi connectivity index (χ1) is 26.8. The second kappa shape index (κ2) is 50.3. The summed E-state index contributed by atoms with van der Waals surface area (Å²) in [7, 11) is 4.93. The van der Waals surface area contributed by atoms with Crippen molar-refractivity contribution in [2.45, 2.75) is 6.10 Å². The van der Waals surface area contributed by atoms with Gasteiger partial charge in [-0.1, -0.05) is 0 Å². The third-order valence-electron chi connectivity index (χ3n) is 6.58. The summed E-state index contributed by atoms with van der Waals surface area (Å²) in [6, 6.07) is 0. The first kappa shape index (κ1) is 53.3. The summed E-state index contributed by atoms with van der Waals surface area (Å²) < 4.78 is 98.0. The second-order valence-corrected chi connectivity index (χ2v) is 11.0. The summed E-state index contributed by atoms with van der Waals surface area (Å²) in [6.07, 6.45) is -0.275. The van der Waals surface area contributed by atoms with Crippen molar-refractivity contribution in [1.29, 1.82) is 0 Å². The van der Waals surface area contributed by atoms with Gasteiger partial charge in [-0.05, 0) is 0 Å². The Kier molecular flexibility index (Phi) is 49.6. The van der Waals surface area contributed by atoms with Gasteiger partial charge in [0.05, 0.1) is 211 Å². The van der Waals surface area contributed by atoms with Crippen molar-refractivity contribution in [1.82, 2.24) is 0 Å². The van der Waals surface area contributed by atoms with Crippen LogP contribution in [-0.2, 0) is 85.3 Å². The molecule has 18 nitrogen and oxygen atoms in total. The number of methoxy groups -OCH3 is 3. The van der Waals surface area contributed by atoms with Gasteiger partial charge in [0.1, 0.15) is 6.10 Å². The molecule has 0 aliphatic carbocycles. The number of rotatable bonds is 50. The molecule has 0 radical (unpaired) electrons. The van der Waals surface area contributed by atoms with Gasteiger partial charge in [-0.15, -0.1) is 0 Å². The average molecular weight is 795 g/mol. The smallest absolute Gasteiger partial charge is 0.104 e. The van der Waals surface area contributed by atoms with E-state index in [1.807, 2.05) is 0 Å². The van der Waals surface area contributed by atoms with Crippen LogP contribution in [0.5, 0.6) is 0 Å². The Labute approximate surface area is 324 Å². The van der Waals surface area contributed by atoms with Crippen molar-refractivity contribution >= 4 is 0 Å². The van der Waals surface area contributed by atoms with E-state index in [2.05, 4.69) is 0 Å².